The van der Waals surface area contributed by atoms with Crippen LogP contribution in [0.3, 0.4) is 0 Å². The van der Waals surface area contributed by atoms with Crippen molar-refractivity contribution in [3.63, 3.8) is 0 Å². The minimum Gasteiger partial charge on any atom is -0.449 e. The fourth-order valence-electron chi connectivity index (χ4n) is 1.86. The van der Waals surface area contributed by atoms with Gasteiger partial charge < -0.3 is 23.5 Å². The van der Waals surface area contributed by atoms with Gasteiger partial charge in [-0.05, 0) is 6.42 Å². The summed E-state index contributed by atoms with van der Waals surface area (Å²) in [7, 11) is -2.55. The van der Waals surface area contributed by atoms with Gasteiger partial charge in [0.1, 0.15) is 12.7 Å². The van der Waals surface area contributed by atoms with E-state index in [1.54, 1.807) is 4.57 Å². The number of aromatic nitrogens is 4. The molecule has 2 heterocycles. The molecular weight excluding hydrogens is 353 g/mol. The van der Waals surface area contributed by atoms with Crippen LogP contribution in [0.1, 0.15) is 13.3 Å². The molecule has 0 aliphatic heterocycles. The fraction of sp³-hybridized carbons (Fsp3) is 0.538. The van der Waals surface area contributed by atoms with E-state index >= 15 is 0 Å². The Kier molecular flexibility index (Phi) is 6.82. The molecule has 0 aromatic carbocycles. The van der Waals surface area contributed by atoms with E-state index in [1.807, 2.05) is 6.92 Å². The lowest BCUT2D eigenvalue weighted by Crippen LogP contribution is -2.15. The molecule has 11 nitrogen and oxygen atoms in total. The molecule has 0 fully saturated rings. The molecule has 2 rings (SSSR count). The molecule has 1 amide bonds. The zero-order valence-electron chi connectivity index (χ0n) is 13.9. The predicted octanol–water partition coefficient (Wildman–Crippen LogP) is 1.59. The summed E-state index contributed by atoms with van der Waals surface area (Å²) in [5.41, 5.74) is 0.893. The van der Waals surface area contributed by atoms with E-state index in [2.05, 4.69) is 24.8 Å². The second-order valence-electron chi connectivity index (χ2n) is 4.95. The highest BCUT2D eigenvalue weighted by atomic mass is 31.2. The molecule has 0 aliphatic carbocycles. The molecule has 12 heteroatoms. The highest BCUT2D eigenvalue weighted by Crippen LogP contribution is 2.40. The van der Waals surface area contributed by atoms with E-state index in [0.717, 1.165) is 7.11 Å². The molecule has 0 saturated heterocycles. The molecule has 0 spiro atoms. The van der Waals surface area contributed by atoms with Crippen molar-refractivity contribution in [1.82, 2.24) is 19.5 Å². The molecule has 2 aromatic rings. The van der Waals surface area contributed by atoms with E-state index in [4.69, 9.17) is 9.47 Å². The van der Waals surface area contributed by atoms with Gasteiger partial charge in [0.2, 0.25) is 0 Å². The van der Waals surface area contributed by atoms with E-state index in [9.17, 15) is 14.3 Å². The molecule has 0 aliphatic rings. The van der Waals surface area contributed by atoms with Crippen molar-refractivity contribution in [2.75, 3.05) is 32.0 Å². The number of fused-ring (bicyclic) bond motifs is 1. The number of nitrogens with one attached hydrogen (secondary N) is 1. The number of nitrogens with zero attached hydrogens (tertiary/aromatic N) is 4. The number of anilines is 1. The van der Waals surface area contributed by atoms with Gasteiger partial charge in [-0.25, -0.2) is 19.7 Å². The van der Waals surface area contributed by atoms with Crippen molar-refractivity contribution in [3.05, 3.63) is 12.7 Å². The van der Waals surface area contributed by atoms with Gasteiger partial charge in [0.05, 0.1) is 19.5 Å². The summed E-state index contributed by atoms with van der Waals surface area (Å²) in [6.45, 7) is 2.70. The number of hydrogen-bond donors (Lipinski definition) is 2. The molecular formula is C13H20N5O6P. The lowest BCUT2D eigenvalue weighted by atomic mass is 10.5. The molecule has 2 N–H and O–H groups in total. The van der Waals surface area contributed by atoms with Gasteiger partial charge in [0.25, 0.3) is 0 Å². The third kappa shape index (κ3) is 5.46. The highest BCUT2D eigenvalue weighted by molar-refractivity contribution is 7.52. The van der Waals surface area contributed by atoms with Crippen molar-refractivity contribution in [3.8, 4) is 0 Å². The molecule has 1 atom stereocenters. The number of imidazole rings is 1. The van der Waals surface area contributed by atoms with Crippen LogP contribution in [-0.2, 0) is 25.1 Å². The van der Waals surface area contributed by atoms with E-state index in [-0.39, 0.29) is 12.4 Å². The fourth-order valence-corrected chi connectivity index (χ4v) is 2.32. The summed E-state index contributed by atoms with van der Waals surface area (Å²) >= 11 is 0. The Balaban J connectivity index is 2.00. The van der Waals surface area contributed by atoms with Crippen LogP contribution in [0.5, 0.6) is 0 Å². The first-order valence-corrected chi connectivity index (χ1v) is 9.28. The summed E-state index contributed by atoms with van der Waals surface area (Å²) in [4.78, 5) is 33.2. The number of carbonyl (C=O) groups excluding carboxylic acids is 1. The molecule has 0 radical (unpaired) electrons. The second-order valence-corrected chi connectivity index (χ2v) is 6.85. The molecule has 0 saturated carbocycles. The first-order chi connectivity index (χ1) is 12.0. The van der Waals surface area contributed by atoms with Gasteiger partial charge in [-0.2, -0.15) is 0 Å². The molecule has 138 valence electrons. The number of hydrogen-bond acceptors (Lipinski definition) is 8. The van der Waals surface area contributed by atoms with Gasteiger partial charge >= 0.3 is 13.7 Å². The van der Waals surface area contributed by atoms with Crippen LogP contribution >= 0.6 is 7.60 Å². The zero-order valence-corrected chi connectivity index (χ0v) is 14.8. The van der Waals surface area contributed by atoms with Gasteiger partial charge in [0, 0.05) is 13.7 Å². The van der Waals surface area contributed by atoms with Crippen LogP contribution in [0, 0.1) is 0 Å². The first kappa shape index (κ1) is 19.3. The Morgan fingerprint density at radius 3 is 2.88 bits per heavy atom. The van der Waals surface area contributed by atoms with Crippen LogP contribution < -0.4 is 5.32 Å². The first-order valence-electron chi connectivity index (χ1n) is 7.51. The molecule has 2 aromatic heterocycles. The number of ether oxygens (including phenoxy) is 2. The number of rotatable bonds is 9. The van der Waals surface area contributed by atoms with Crippen molar-refractivity contribution in [2.45, 2.75) is 19.9 Å². The van der Waals surface area contributed by atoms with Crippen LogP contribution in [0.25, 0.3) is 11.2 Å². The predicted molar refractivity (Wildman–Crippen MR) is 88.2 cm³/mol. The lowest BCUT2D eigenvalue weighted by molar-refractivity contribution is 0.144. The van der Waals surface area contributed by atoms with Crippen LogP contribution in [-0.4, -0.2) is 57.2 Å². The van der Waals surface area contributed by atoms with Crippen molar-refractivity contribution >= 4 is 30.7 Å². The van der Waals surface area contributed by atoms with Crippen molar-refractivity contribution in [2.24, 2.45) is 0 Å². The van der Waals surface area contributed by atoms with Gasteiger partial charge in [-0.3, -0.25) is 9.88 Å². The average molecular weight is 373 g/mol. The molecule has 1 unspecified atom stereocenters. The number of carbonyl (C=O) groups is 1. The summed E-state index contributed by atoms with van der Waals surface area (Å²) in [5.74, 6) is 0.241. The Morgan fingerprint density at radius 1 is 1.36 bits per heavy atom. The van der Waals surface area contributed by atoms with Crippen LogP contribution in [0.2, 0.25) is 0 Å². The van der Waals surface area contributed by atoms with Crippen molar-refractivity contribution < 1.29 is 28.3 Å². The monoisotopic (exact) mass is 373 g/mol. The smallest absolute Gasteiger partial charge is 0.412 e. The third-order valence-corrected chi connectivity index (χ3v) is 4.15. The van der Waals surface area contributed by atoms with Crippen LogP contribution in [0.15, 0.2) is 12.7 Å². The third-order valence-electron chi connectivity index (χ3n) is 3.08. The lowest BCUT2D eigenvalue weighted by Gasteiger charge is -2.10. The highest BCUT2D eigenvalue weighted by Gasteiger charge is 2.17. The quantitative estimate of drug-likeness (QED) is 0.495. The van der Waals surface area contributed by atoms with Crippen LogP contribution in [0.4, 0.5) is 10.6 Å². The Bertz CT molecular complexity index is 766. The largest absolute Gasteiger partial charge is 0.449 e. The summed E-state index contributed by atoms with van der Waals surface area (Å²) in [6.07, 6.45) is 2.51. The molecule has 0 bridgehead atoms. The Morgan fingerprint density at radius 2 is 2.16 bits per heavy atom. The van der Waals surface area contributed by atoms with Gasteiger partial charge in [-0.1, -0.05) is 6.92 Å². The minimum absolute atomic E-state index is 0.157. The van der Waals surface area contributed by atoms with E-state index < -0.39 is 20.0 Å². The second kappa shape index (κ2) is 8.86. The normalized spacial score (nSPS) is 13.6. The number of amides is 1. The summed E-state index contributed by atoms with van der Waals surface area (Å²) < 4.78 is 27.5. The minimum atomic E-state index is -3.70. The summed E-state index contributed by atoms with van der Waals surface area (Å²) in [6, 6.07) is 0. The average Bonchev–Trinajstić information content (AvgIpc) is 3.01. The standard InChI is InChI=1S/C13H20N5O6P/c1-3-5-24-13(19)17-11-10-12(15-7-14-11)18(8-16-10)4-6-23-9-25(20,21)22-2/h7-8H,3-6,9H2,1-2H3,(H,20,21)(H,14,15,17,19). The summed E-state index contributed by atoms with van der Waals surface area (Å²) in [5, 5.41) is 2.52. The Labute approximate surface area is 143 Å². The topological polar surface area (TPSA) is 138 Å². The zero-order chi connectivity index (χ0) is 18.3. The Hall–Kier alpha value is -2.07. The maximum Gasteiger partial charge on any atom is 0.412 e. The van der Waals surface area contributed by atoms with Gasteiger partial charge in [0.15, 0.2) is 17.0 Å². The molecule has 25 heavy (non-hydrogen) atoms. The van der Waals surface area contributed by atoms with E-state index in [1.165, 1.54) is 12.7 Å². The van der Waals surface area contributed by atoms with Crippen molar-refractivity contribution in [1.29, 1.82) is 0 Å². The van der Waals surface area contributed by atoms with E-state index in [0.29, 0.717) is 30.7 Å². The SMILES string of the molecule is CCCOC(=O)Nc1ncnc2c1ncn2CCOCP(=O)(O)OC. The maximum absolute atomic E-state index is 11.6. The van der Waals surface area contributed by atoms with Gasteiger partial charge in [-0.15, -0.1) is 0 Å². The maximum atomic E-state index is 11.6.